The molecule has 2 aliphatic rings. The molecule has 1 unspecified atom stereocenters. The van der Waals surface area contributed by atoms with Crippen LogP contribution in [0.3, 0.4) is 0 Å². The minimum Gasteiger partial charge on any atom is -0.457 e. The lowest BCUT2D eigenvalue weighted by atomic mass is 9.92. The Balaban J connectivity index is 1.44. The van der Waals surface area contributed by atoms with E-state index in [0.717, 1.165) is 23.1 Å². The average Bonchev–Trinajstić information content (AvgIpc) is 3.23. The van der Waals surface area contributed by atoms with E-state index in [0.29, 0.717) is 17.9 Å². The third kappa shape index (κ3) is 2.86. The highest BCUT2D eigenvalue weighted by Gasteiger charge is 2.55. The molecular formula is C24H20N2O3. The number of nitrogens with zero attached hydrogens (tertiary/aromatic N) is 1. The summed E-state index contributed by atoms with van der Waals surface area (Å²) in [6, 6.07) is 24.4. The summed E-state index contributed by atoms with van der Waals surface area (Å²) in [4.78, 5) is 27.5. The molecule has 1 aliphatic heterocycles. The predicted octanol–water partition coefficient (Wildman–Crippen LogP) is 4.37. The van der Waals surface area contributed by atoms with Crippen molar-refractivity contribution >= 4 is 11.9 Å². The van der Waals surface area contributed by atoms with Gasteiger partial charge in [0.15, 0.2) is 0 Å². The van der Waals surface area contributed by atoms with Gasteiger partial charge in [-0.2, -0.15) is 0 Å². The topological polar surface area (TPSA) is 58.6 Å². The van der Waals surface area contributed by atoms with Gasteiger partial charge in [-0.15, -0.1) is 0 Å². The van der Waals surface area contributed by atoms with Crippen molar-refractivity contribution in [2.45, 2.75) is 24.9 Å². The number of carbonyl (C=O) groups is 2. The second kappa shape index (κ2) is 6.78. The molecule has 5 heteroatoms. The number of imide groups is 1. The molecule has 1 saturated heterocycles. The number of urea groups is 1. The quantitative estimate of drug-likeness (QED) is 0.680. The molecule has 0 saturated carbocycles. The number of benzene rings is 3. The second-order valence-electron chi connectivity index (χ2n) is 7.41. The van der Waals surface area contributed by atoms with Crippen molar-refractivity contribution in [3.05, 3.63) is 95.6 Å². The van der Waals surface area contributed by atoms with Crippen LogP contribution < -0.4 is 10.1 Å². The Morgan fingerprint density at radius 1 is 0.897 bits per heavy atom. The summed E-state index contributed by atoms with van der Waals surface area (Å²) < 4.78 is 5.99. The molecule has 3 aromatic rings. The molecule has 1 spiro atoms. The number of amides is 3. The molecule has 1 fully saturated rings. The van der Waals surface area contributed by atoms with Crippen molar-refractivity contribution in [1.82, 2.24) is 10.2 Å². The van der Waals surface area contributed by atoms with E-state index in [1.165, 1.54) is 4.90 Å². The fourth-order valence-electron chi connectivity index (χ4n) is 4.25. The third-order valence-corrected chi connectivity index (χ3v) is 5.69. The van der Waals surface area contributed by atoms with Gasteiger partial charge in [0, 0.05) is 5.56 Å². The highest BCUT2D eigenvalue weighted by atomic mass is 16.5. The van der Waals surface area contributed by atoms with Gasteiger partial charge in [0.25, 0.3) is 5.91 Å². The minimum absolute atomic E-state index is 0.164. The van der Waals surface area contributed by atoms with Crippen LogP contribution >= 0.6 is 0 Å². The molecule has 3 aromatic carbocycles. The van der Waals surface area contributed by atoms with Crippen molar-refractivity contribution in [1.29, 1.82) is 0 Å². The van der Waals surface area contributed by atoms with Gasteiger partial charge < -0.3 is 10.1 Å². The SMILES string of the molecule is O=C1NC2(CCc3ccccc32)C(=O)N1Cc1ccccc1Oc1ccccc1. The summed E-state index contributed by atoms with van der Waals surface area (Å²) in [5.74, 6) is 1.15. The number of rotatable bonds is 4. The fraction of sp³-hybridized carbons (Fsp3) is 0.167. The van der Waals surface area contributed by atoms with E-state index in [4.69, 9.17) is 4.74 Å². The molecule has 29 heavy (non-hydrogen) atoms. The van der Waals surface area contributed by atoms with Crippen molar-refractivity contribution in [2.75, 3.05) is 0 Å². The Kier molecular flexibility index (Phi) is 4.09. The van der Waals surface area contributed by atoms with Crippen LogP contribution in [0.5, 0.6) is 11.5 Å². The normalized spacial score (nSPS) is 20.1. The molecule has 0 bridgehead atoms. The number of ether oxygens (including phenoxy) is 1. The Morgan fingerprint density at radius 2 is 1.62 bits per heavy atom. The van der Waals surface area contributed by atoms with Gasteiger partial charge in [0.1, 0.15) is 17.0 Å². The van der Waals surface area contributed by atoms with Crippen molar-refractivity contribution in [2.24, 2.45) is 0 Å². The minimum atomic E-state index is -0.942. The zero-order valence-corrected chi connectivity index (χ0v) is 15.8. The summed E-state index contributed by atoms with van der Waals surface area (Å²) >= 11 is 0. The maximum absolute atomic E-state index is 13.4. The molecule has 1 N–H and O–H groups in total. The van der Waals surface area contributed by atoms with Gasteiger partial charge in [-0.1, -0.05) is 60.7 Å². The van der Waals surface area contributed by atoms with Crippen LogP contribution in [0, 0.1) is 0 Å². The van der Waals surface area contributed by atoms with E-state index in [9.17, 15) is 9.59 Å². The van der Waals surface area contributed by atoms with Crippen LogP contribution in [-0.2, 0) is 23.3 Å². The summed E-state index contributed by atoms with van der Waals surface area (Å²) in [5.41, 5.74) is 1.87. The number of aryl methyl sites for hydroxylation is 1. The maximum atomic E-state index is 13.4. The van der Waals surface area contributed by atoms with Crippen molar-refractivity contribution in [3.63, 3.8) is 0 Å². The molecule has 1 heterocycles. The molecular weight excluding hydrogens is 364 g/mol. The fourth-order valence-corrected chi connectivity index (χ4v) is 4.25. The number of para-hydroxylation sites is 2. The summed E-state index contributed by atoms with van der Waals surface area (Å²) in [5, 5.41) is 2.97. The first-order valence-electron chi connectivity index (χ1n) is 9.71. The second-order valence-corrected chi connectivity index (χ2v) is 7.41. The first kappa shape index (κ1) is 17.5. The van der Waals surface area contributed by atoms with Crippen LogP contribution in [-0.4, -0.2) is 16.8 Å². The van der Waals surface area contributed by atoms with Gasteiger partial charge >= 0.3 is 6.03 Å². The van der Waals surface area contributed by atoms with Gasteiger partial charge in [0.2, 0.25) is 0 Å². The number of hydrogen-bond donors (Lipinski definition) is 1. The van der Waals surface area contributed by atoms with E-state index in [1.807, 2.05) is 78.9 Å². The average molecular weight is 384 g/mol. The molecule has 5 rings (SSSR count). The van der Waals surface area contributed by atoms with E-state index in [1.54, 1.807) is 0 Å². The Labute approximate surface area is 168 Å². The monoisotopic (exact) mass is 384 g/mol. The Bertz CT molecular complexity index is 1100. The van der Waals surface area contributed by atoms with Crippen LogP contribution in [0.25, 0.3) is 0 Å². The van der Waals surface area contributed by atoms with Gasteiger partial charge in [-0.3, -0.25) is 9.69 Å². The predicted molar refractivity (Wildman–Crippen MR) is 108 cm³/mol. The first-order valence-corrected chi connectivity index (χ1v) is 9.71. The number of hydrogen-bond acceptors (Lipinski definition) is 3. The molecule has 3 amide bonds. The largest absolute Gasteiger partial charge is 0.457 e. The van der Waals surface area contributed by atoms with E-state index in [-0.39, 0.29) is 18.5 Å². The maximum Gasteiger partial charge on any atom is 0.325 e. The molecule has 144 valence electrons. The lowest BCUT2D eigenvalue weighted by Gasteiger charge is -2.22. The van der Waals surface area contributed by atoms with E-state index < -0.39 is 5.54 Å². The van der Waals surface area contributed by atoms with Crippen LogP contribution in [0.2, 0.25) is 0 Å². The number of nitrogens with one attached hydrogen (secondary N) is 1. The lowest BCUT2D eigenvalue weighted by molar-refractivity contribution is -0.132. The molecule has 1 atom stereocenters. The Hall–Kier alpha value is -3.60. The lowest BCUT2D eigenvalue weighted by Crippen LogP contribution is -2.41. The Morgan fingerprint density at radius 3 is 2.48 bits per heavy atom. The van der Waals surface area contributed by atoms with E-state index >= 15 is 0 Å². The third-order valence-electron chi connectivity index (χ3n) is 5.69. The molecule has 0 aromatic heterocycles. The first-order chi connectivity index (χ1) is 14.2. The summed E-state index contributed by atoms with van der Waals surface area (Å²) in [6.45, 7) is 0.164. The molecule has 5 nitrogen and oxygen atoms in total. The number of fused-ring (bicyclic) bond motifs is 2. The van der Waals surface area contributed by atoms with Crippen molar-refractivity contribution in [3.8, 4) is 11.5 Å². The molecule has 0 radical (unpaired) electrons. The van der Waals surface area contributed by atoms with Crippen LogP contribution in [0.15, 0.2) is 78.9 Å². The highest BCUT2D eigenvalue weighted by molar-refractivity contribution is 6.08. The zero-order chi connectivity index (χ0) is 19.8. The van der Waals surface area contributed by atoms with Crippen molar-refractivity contribution < 1.29 is 14.3 Å². The number of carbonyl (C=O) groups excluding carboxylic acids is 2. The summed E-state index contributed by atoms with van der Waals surface area (Å²) in [6.07, 6.45) is 1.37. The van der Waals surface area contributed by atoms with Gasteiger partial charge in [-0.25, -0.2) is 4.79 Å². The van der Waals surface area contributed by atoms with Crippen LogP contribution in [0.1, 0.15) is 23.1 Å². The van der Waals surface area contributed by atoms with E-state index in [2.05, 4.69) is 5.32 Å². The smallest absolute Gasteiger partial charge is 0.325 e. The highest BCUT2D eigenvalue weighted by Crippen LogP contribution is 2.42. The standard InChI is InChI=1S/C24H20N2O3/c27-22-24(15-14-17-8-4-6-12-20(17)24)25-23(28)26(22)16-18-9-5-7-13-21(18)29-19-10-2-1-3-11-19/h1-13H,14-16H2,(H,25,28). The zero-order valence-electron chi connectivity index (χ0n) is 15.8. The van der Waals surface area contributed by atoms with Gasteiger partial charge in [-0.05, 0) is 42.2 Å². The summed E-state index contributed by atoms with van der Waals surface area (Å²) in [7, 11) is 0. The molecule has 1 aliphatic carbocycles. The van der Waals surface area contributed by atoms with Crippen LogP contribution in [0.4, 0.5) is 4.79 Å². The van der Waals surface area contributed by atoms with Gasteiger partial charge in [0.05, 0.1) is 6.54 Å².